The van der Waals surface area contributed by atoms with Gasteiger partial charge in [0.1, 0.15) is 11.6 Å². The number of nitrogens with one attached hydrogen (secondary N) is 1. The normalized spacial score (nSPS) is 11.2. The smallest absolute Gasteiger partial charge is 0.374 e. The first-order chi connectivity index (χ1) is 14.1. The number of sulfone groups is 1. The summed E-state index contributed by atoms with van der Waals surface area (Å²) >= 11 is 5.96. The summed E-state index contributed by atoms with van der Waals surface area (Å²) in [6.45, 7) is -0.648. The third kappa shape index (κ3) is 5.25. The maximum atomic E-state index is 13.0. The van der Waals surface area contributed by atoms with Crippen molar-refractivity contribution in [3.8, 4) is 11.3 Å². The number of esters is 1. The predicted octanol–water partition coefficient (Wildman–Crippen LogP) is 3.94. The summed E-state index contributed by atoms with van der Waals surface area (Å²) in [5.41, 5.74) is 0.630. The van der Waals surface area contributed by atoms with Crippen molar-refractivity contribution in [1.29, 1.82) is 0 Å². The minimum Gasteiger partial charge on any atom is -0.450 e. The van der Waals surface area contributed by atoms with Crippen LogP contribution in [0.2, 0.25) is 5.02 Å². The van der Waals surface area contributed by atoms with Gasteiger partial charge in [0.15, 0.2) is 16.4 Å². The lowest BCUT2D eigenvalue weighted by molar-refractivity contribution is -0.119. The molecule has 1 N–H and O–H groups in total. The number of anilines is 1. The molecule has 1 heterocycles. The lowest BCUT2D eigenvalue weighted by Gasteiger charge is -2.09. The number of ether oxygens (including phenoxy) is 1. The number of rotatable bonds is 6. The molecule has 0 bridgehead atoms. The molecule has 0 atom stereocenters. The fourth-order valence-corrected chi connectivity index (χ4v) is 3.25. The maximum Gasteiger partial charge on any atom is 0.374 e. The van der Waals surface area contributed by atoms with Crippen LogP contribution in [0.3, 0.4) is 0 Å². The topological polar surface area (TPSA) is 103 Å². The Morgan fingerprint density at radius 1 is 1.10 bits per heavy atom. The third-order valence-electron chi connectivity index (χ3n) is 3.91. The molecule has 7 nitrogen and oxygen atoms in total. The molecule has 0 fully saturated rings. The van der Waals surface area contributed by atoms with Crippen molar-refractivity contribution in [2.24, 2.45) is 0 Å². The van der Waals surface area contributed by atoms with Crippen molar-refractivity contribution in [3.05, 3.63) is 71.2 Å². The molecule has 1 aromatic heterocycles. The van der Waals surface area contributed by atoms with Crippen molar-refractivity contribution < 1.29 is 31.6 Å². The summed E-state index contributed by atoms with van der Waals surface area (Å²) < 4.78 is 46.5. The third-order valence-corrected chi connectivity index (χ3v) is 5.35. The van der Waals surface area contributed by atoms with Gasteiger partial charge in [-0.1, -0.05) is 11.6 Å². The van der Waals surface area contributed by atoms with Crippen molar-refractivity contribution in [1.82, 2.24) is 0 Å². The minimum absolute atomic E-state index is 0.0249. The lowest BCUT2D eigenvalue weighted by atomic mass is 10.2. The van der Waals surface area contributed by atoms with E-state index < -0.39 is 34.1 Å². The van der Waals surface area contributed by atoms with Crippen molar-refractivity contribution in [2.45, 2.75) is 4.90 Å². The number of amides is 1. The summed E-state index contributed by atoms with van der Waals surface area (Å²) in [6.07, 6.45) is 1.02. The van der Waals surface area contributed by atoms with Crippen LogP contribution in [0.15, 0.2) is 63.9 Å². The number of carbonyl (C=O) groups excluding carboxylic acids is 2. The van der Waals surface area contributed by atoms with Gasteiger partial charge in [-0.05, 0) is 54.6 Å². The molecule has 0 aliphatic heterocycles. The minimum atomic E-state index is -3.49. The molecule has 0 saturated heterocycles. The first-order valence-corrected chi connectivity index (χ1v) is 10.7. The number of carbonyl (C=O) groups is 2. The fraction of sp³-hybridized carbons (Fsp3) is 0.100. The van der Waals surface area contributed by atoms with Gasteiger partial charge in [-0.15, -0.1) is 0 Å². The van der Waals surface area contributed by atoms with E-state index in [1.165, 1.54) is 54.6 Å². The quantitative estimate of drug-likeness (QED) is 0.569. The largest absolute Gasteiger partial charge is 0.450 e. The van der Waals surface area contributed by atoms with Gasteiger partial charge >= 0.3 is 5.97 Å². The van der Waals surface area contributed by atoms with Gasteiger partial charge in [-0.3, -0.25) is 4.79 Å². The first kappa shape index (κ1) is 21.5. The predicted molar refractivity (Wildman–Crippen MR) is 108 cm³/mol. The van der Waals surface area contributed by atoms with E-state index in [2.05, 4.69) is 5.32 Å². The summed E-state index contributed by atoms with van der Waals surface area (Å²) in [7, 11) is -3.49. The monoisotopic (exact) mass is 451 g/mol. The molecule has 30 heavy (non-hydrogen) atoms. The molecule has 10 heteroatoms. The fourth-order valence-electron chi connectivity index (χ4n) is 2.44. The van der Waals surface area contributed by atoms with E-state index in [1.54, 1.807) is 0 Å². The zero-order chi connectivity index (χ0) is 21.9. The van der Waals surface area contributed by atoms with E-state index in [9.17, 15) is 22.4 Å². The first-order valence-electron chi connectivity index (χ1n) is 8.46. The average Bonchev–Trinajstić information content (AvgIpc) is 3.18. The molecular weight excluding hydrogens is 437 g/mol. The van der Waals surface area contributed by atoms with E-state index in [0.717, 1.165) is 6.26 Å². The number of halogens is 2. The average molecular weight is 452 g/mol. The van der Waals surface area contributed by atoms with E-state index in [4.69, 9.17) is 20.8 Å². The van der Waals surface area contributed by atoms with Crippen molar-refractivity contribution in [3.63, 3.8) is 0 Å². The van der Waals surface area contributed by atoms with Gasteiger partial charge in [0, 0.05) is 11.8 Å². The van der Waals surface area contributed by atoms with E-state index >= 15 is 0 Å². The van der Waals surface area contributed by atoms with Gasteiger partial charge < -0.3 is 14.5 Å². The molecule has 0 unspecified atom stereocenters. The Hall–Kier alpha value is -3.17. The zero-order valence-corrected chi connectivity index (χ0v) is 17.1. The van der Waals surface area contributed by atoms with Crippen molar-refractivity contribution in [2.75, 3.05) is 18.2 Å². The molecule has 0 aliphatic rings. The van der Waals surface area contributed by atoms with Crippen LogP contribution in [0.4, 0.5) is 10.1 Å². The second kappa shape index (κ2) is 8.68. The van der Waals surface area contributed by atoms with Gasteiger partial charge in [-0.2, -0.15) is 0 Å². The molecule has 1 amide bonds. The molecular formula is C20H15ClFNO6S. The van der Waals surface area contributed by atoms with Crippen LogP contribution < -0.4 is 5.32 Å². The van der Waals surface area contributed by atoms with Gasteiger partial charge in [0.05, 0.1) is 15.6 Å². The summed E-state index contributed by atoms with van der Waals surface area (Å²) in [5.74, 6) is -1.82. The van der Waals surface area contributed by atoms with Crippen LogP contribution in [0.25, 0.3) is 11.3 Å². The highest BCUT2D eigenvalue weighted by atomic mass is 35.5. The van der Waals surface area contributed by atoms with Crippen LogP contribution in [-0.4, -0.2) is 33.2 Å². The van der Waals surface area contributed by atoms with E-state index in [0.29, 0.717) is 11.3 Å². The van der Waals surface area contributed by atoms with Gasteiger partial charge in [-0.25, -0.2) is 17.6 Å². The molecule has 156 valence electrons. The van der Waals surface area contributed by atoms with Crippen molar-refractivity contribution >= 4 is 39.0 Å². The highest BCUT2D eigenvalue weighted by Crippen LogP contribution is 2.25. The second-order valence-corrected chi connectivity index (χ2v) is 8.63. The van der Waals surface area contributed by atoms with Crippen LogP contribution in [0.5, 0.6) is 0 Å². The maximum absolute atomic E-state index is 13.0. The van der Waals surface area contributed by atoms with Crippen LogP contribution in [0, 0.1) is 5.82 Å². The Morgan fingerprint density at radius 3 is 2.47 bits per heavy atom. The van der Waals surface area contributed by atoms with Gasteiger partial charge in [0.25, 0.3) is 5.91 Å². The molecule has 3 rings (SSSR count). The highest BCUT2D eigenvalue weighted by Gasteiger charge is 2.17. The van der Waals surface area contributed by atoms with Gasteiger partial charge in [0.2, 0.25) is 5.76 Å². The summed E-state index contributed by atoms with van der Waals surface area (Å²) in [6, 6.07) is 12.2. The molecule has 2 aromatic carbocycles. The summed E-state index contributed by atoms with van der Waals surface area (Å²) in [5, 5.41) is 2.51. The Bertz CT molecular complexity index is 1200. The summed E-state index contributed by atoms with van der Waals surface area (Å²) in [4.78, 5) is 24.1. The zero-order valence-electron chi connectivity index (χ0n) is 15.5. The highest BCUT2D eigenvalue weighted by molar-refractivity contribution is 7.90. The standard InChI is InChI=1S/C20H15ClFNO6S/c1-30(26,27)14-6-7-15(21)16(10-14)23-19(24)11-28-20(25)18-9-8-17(29-18)12-2-4-13(22)5-3-12/h2-10H,11H2,1H3,(H,23,24). The Labute approximate surface area is 176 Å². The number of hydrogen-bond donors (Lipinski definition) is 1. The Kier molecular flexibility index (Phi) is 6.23. The molecule has 3 aromatic rings. The molecule has 0 aliphatic carbocycles. The van der Waals surface area contributed by atoms with Crippen LogP contribution in [-0.2, 0) is 19.4 Å². The second-order valence-electron chi connectivity index (χ2n) is 6.21. The van der Waals surface area contributed by atoms with Crippen LogP contribution in [0.1, 0.15) is 10.6 Å². The number of hydrogen-bond acceptors (Lipinski definition) is 6. The van der Waals surface area contributed by atoms with E-state index in [1.807, 2.05) is 0 Å². The lowest BCUT2D eigenvalue weighted by Crippen LogP contribution is -2.21. The molecule has 0 radical (unpaired) electrons. The Morgan fingerprint density at radius 2 is 1.80 bits per heavy atom. The number of furan rings is 1. The van der Waals surface area contributed by atoms with Crippen LogP contribution >= 0.6 is 11.6 Å². The number of benzene rings is 2. The SMILES string of the molecule is CS(=O)(=O)c1ccc(Cl)c(NC(=O)COC(=O)c2ccc(-c3ccc(F)cc3)o2)c1. The Balaban J connectivity index is 1.61. The molecule has 0 spiro atoms. The molecule has 0 saturated carbocycles. The van der Waals surface area contributed by atoms with E-state index in [-0.39, 0.29) is 21.4 Å².